The Kier molecular flexibility index (Phi) is 3.42. The van der Waals surface area contributed by atoms with E-state index in [0.29, 0.717) is 29.0 Å². The number of anilines is 1. The van der Waals surface area contributed by atoms with Crippen molar-refractivity contribution >= 4 is 38.0 Å². The number of halogens is 1. The fourth-order valence-corrected chi connectivity index (χ4v) is 4.63. The van der Waals surface area contributed by atoms with Crippen molar-refractivity contribution in [1.29, 1.82) is 0 Å². The lowest BCUT2D eigenvalue weighted by Gasteiger charge is -2.29. The molecule has 0 aromatic carbocycles. The Balaban J connectivity index is 2.45. The van der Waals surface area contributed by atoms with Gasteiger partial charge >= 0.3 is 0 Å². The highest BCUT2D eigenvalue weighted by Crippen LogP contribution is 2.34. The molecular formula is C10H15ClN2O2S2. The molecule has 2 rings (SSSR count). The van der Waals surface area contributed by atoms with Gasteiger partial charge in [0.1, 0.15) is 5.00 Å². The summed E-state index contributed by atoms with van der Waals surface area (Å²) in [7, 11) is -3.36. The van der Waals surface area contributed by atoms with Crippen molar-refractivity contribution in [3.8, 4) is 0 Å². The van der Waals surface area contributed by atoms with Crippen molar-refractivity contribution in [2.24, 2.45) is 0 Å². The van der Waals surface area contributed by atoms with Gasteiger partial charge in [-0.25, -0.2) is 8.42 Å². The molecule has 2 heterocycles. The van der Waals surface area contributed by atoms with Gasteiger partial charge in [0, 0.05) is 19.6 Å². The number of nitrogens with one attached hydrogen (secondary N) is 1. The second-order valence-electron chi connectivity index (χ2n) is 4.59. The molecule has 17 heavy (non-hydrogen) atoms. The van der Waals surface area contributed by atoms with Crippen LogP contribution in [0.1, 0.15) is 13.8 Å². The molecule has 1 aliphatic heterocycles. The molecule has 1 aliphatic rings. The first-order valence-corrected chi connectivity index (χ1v) is 7.96. The quantitative estimate of drug-likeness (QED) is 0.861. The van der Waals surface area contributed by atoms with E-state index in [1.807, 2.05) is 0 Å². The molecular weight excluding hydrogens is 280 g/mol. The molecule has 0 atom stereocenters. The van der Waals surface area contributed by atoms with Crippen LogP contribution >= 0.6 is 22.9 Å². The van der Waals surface area contributed by atoms with E-state index in [1.165, 1.54) is 15.6 Å². The van der Waals surface area contributed by atoms with Gasteiger partial charge in [-0.15, -0.1) is 11.3 Å². The third kappa shape index (κ3) is 2.31. The zero-order chi connectivity index (χ0) is 12.7. The first-order chi connectivity index (χ1) is 7.84. The van der Waals surface area contributed by atoms with Gasteiger partial charge in [-0.3, -0.25) is 4.31 Å². The molecule has 1 fully saturated rings. The minimum absolute atomic E-state index is 0.447. The van der Waals surface area contributed by atoms with Crippen molar-refractivity contribution in [3.63, 3.8) is 0 Å². The monoisotopic (exact) mass is 294 g/mol. The van der Waals surface area contributed by atoms with Crippen molar-refractivity contribution < 1.29 is 8.42 Å². The van der Waals surface area contributed by atoms with Crippen LogP contribution in [0.15, 0.2) is 12.1 Å². The van der Waals surface area contributed by atoms with Crippen LogP contribution < -0.4 is 9.62 Å². The molecule has 0 aliphatic carbocycles. The van der Waals surface area contributed by atoms with Crippen molar-refractivity contribution in [3.05, 3.63) is 16.5 Å². The molecule has 4 nitrogen and oxygen atoms in total. The Morgan fingerprint density at radius 3 is 2.76 bits per heavy atom. The van der Waals surface area contributed by atoms with Gasteiger partial charge in [-0.1, -0.05) is 11.6 Å². The Morgan fingerprint density at radius 2 is 2.18 bits per heavy atom. The molecule has 0 unspecified atom stereocenters. The zero-order valence-electron chi connectivity index (χ0n) is 9.73. The number of nitrogens with zero attached hydrogens (tertiary/aromatic N) is 1. The summed E-state index contributed by atoms with van der Waals surface area (Å²) in [4.78, 5) is 0. The molecule has 7 heteroatoms. The van der Waals surface area contributed by atoms with Crippen LogP contribution in [0.3, 0.4) is 0 Å². The van der Waals surface area contributed by atoms with E-state index in [1.54, 1.807) is 26.0 Å². The summed E-state index contributed by atoms with van der Waals surface area (Å²) in [6, 6.07) is 3.48. The number of rotatable bonds is 1. The van der Waals surface area contributed by atoms with E-state index in [-0.39, 0.29) is 0 Å². The zero-order valence-corrected chi connectivity index (χ0v) is 12.1. The normalized spacial score (nSPS) is 23.4. The van der Waals surface area contributed by atoms with Crippen LogP contribution in [0.2, 0.25) is 4.34 Å². The van der Waals surface area contributed by atoms with Gasteiger partial charge in [0.25, 0.3) is 0 Å². The second-order valence-corrected chi connectivity index (χ2v) is 8.78. The summed E-state index contributed by atoms with van der Waals surface area (Å²) in [5.41, 5.74) is 0. The molecule has 96 valence electrons. The smallest absolute Gasteiger partial charge is 0.242 e. The molecule has 1 aromatic rings. The molecule has 1 N–H and O–H groups in total. The van der Waals surface area contributed by atoms with E-state index in [2.05, 4.69) is 5.32 Å². The Bertz CT molecular complexity index is 510. The van der Waals surface area contributed by atoms with Crippen LogP contribution in [0.5, 0.6) is 0 Å². The van der Waals surface area contributed by atoms with E-state index in [0.717, 1.165) is 0 Å². The largest absolute Gasteiger partial charge is 0.313 e. The number of hydrogen-bond acceptors (Lipinski definition) is 4. The lowest BCUT2D eigenvalue weighted by molar-refractivity contribution is 0.535. The van der Waals surface area contributed by atoms with Crippen molar-refractivity contribution in [2.45, 2.75) is 18.6 Å². The van der Waals surface area contributed by atoms with Gasteiger partial charge in [-0.2, -0.15) is 0 Å². The Labute approximate surface area is 111 Å². The average molecular weight is 295 g/mol. The molecule has 1 saturated heterocycles. The van der Waals surface area contributed by atoms with Crippen LogP contribution in [-0.4, -0.2) is 32.8 Å². The Morgan fingerprint density at radius 1 is 1.47 bits per heavy atom. The maximum Gasteiger partial charge on any atom is 0.242 e. The van der Waals surface area contributed by atoms with Gasteiger partial charge < -0.3 is 5.32 Å². The highest BCUT2D eigenvalue weighted by Gasteiger charge is 2.41. The van der Waals surface area contributed by atoms with Crippen molar-refractivity contribution in [2.75, 3.05) is 23.9 Å². The average Bonchev–Trinajstić information content (AvgIpc) is 2.59. The van der Waals surface area contributed by atoms with Crippen LogP contribution in [0.4, 0.5) is 5.00 Å². The lowest BCUT2D eigenvalue weighted by atomic mass is 10.2. The summed E-state index contributed by atoms with van der Waals surface area (Å²) in [6.07, 6.45) is 0. The molecule has 0 amide bonds. The number of thiophene rings is 1. The first-order valence-electron chi connectivity index (χ1n) is 5.33. The van der Waals surface area contributed by atoms with E-state index in [9.17, 15) is 8.42 Å². The van der Waals surface area contributed by atoms with E-state index in [4.69, 9.17) is 11.6 Å². The predicted octanol–water partition coefficient (Wildman–Crippen LogP) is 1.92. The SMILES string of the molecule is CC1(C)CNCCN(c2ccc(Cl)s2)S1(=O)=O. The minimum atomic E-state index is -3.36. The molecule has 0 bridgehead atoms. The standard InChI is InChI=1S/C10H15ClN2O2S2/c1-10(2)7-12-5-6-13(17(10,14)15)9-4-3-8(11)16-9/h3-4,12H,5-7H2,1-2H3. The summed E-state index contributed by atoms with van der Waals surface area (Å²) in [5.74, 6) is 0. The third-order valence-corrected chi connectivity index (χ3v) is 6.71. The fourth-order valence-electron chi connectivity index (χ4n) is 1.75. The summed E-state index contributed by atoms with van der Waals surface area (Å²) < 4.78 is 26.3. The van der Waals surface area contributed by atoms with Gasteiger partial charge in [0.2, 0.25) is 10.0 Å². The van der Waals surface area contributed by atoms with Gasteiger partial charge in [0.15, 0.2) is 0 Å². The van der Waals surface area contributed by atoms with Crippen molar-refractivity contribution in [1.82, 2.24) is 5.32 Å². The highest BCUT2D eigenvalue weighted by molar-refractivity contribution is 7.94. The topological polar surface area (TPSA) is 49.4 Å². The molecule has 0 spiro atoms. The van der Waals surface area contributed by atoms with E-state index < -0.39 is 14.8 Å². The van der Waals surface area contributed by atoms with Crippen LogP contribution in [0.25, 0.3) is 0 Å². The second kappa shape index (κ2) is 4.42. The predicted molar refractivity (Wildman–Crippen MR) is 72.5 cm³/mol. The van der Waals surface area contributed by atoms with Gasteiger partial charge in [0.05, 0.1) is 9.08 Å². The summed E-state index contributed by atoms with van der Waals surface area (Å²) in [6.45, 7) is 5.04. The van der Waals surface area contributed by atoms with E-state index >= 15 is 0 Å². The molecule has 1 aromatic heterocycles. The minimum Gasteiger partial charge on any atom is -0.313 e. The third-order valence-electron chi connectivity index (χ3n) is 2.84. The summed E-state index contributed by atoms with van der Waals surface area (Å²) in [5, 5.41) is 3.84. The highest BCUT2D eigenvalue weighted by atomic mass is 35.5. The number of hydrogen-bond donors (Lipinski definition) is 1. The lowest BCUT2D eigenvalue weighted by Crippen LogP contribution is -2.46. The first kappa shape index (κ1) is 13.1. The maximum absolute atomic E-state index is 12.5. The summed E-state index contributed by atoms with van der Waals surface area (Å²) >= 11 is 7.16. The molecule has 0 saturated carbocycles. The van der Waals surface area contributed by atoms with Crippen LogP contribution in [0, 0.1) is 0 Å². The molecule has 0 radical (unpaired) electrons. The van der Waals surface area contributed by atoms with Gasteiger partial charge in [-0.05, 0) is 26.0 Å². The number of sulfonamides is 1. The fraction of sp³-hybridized carbons (Fsp3) is 0.600. The Hall–Kier alpha value is -0.300. The van der Waals surface area contributed by atoms with Crippen LogP contribution in [-0.2, 0) is 10.0 Å². The maximum atomic E-state index is 12.5.